The smallest absolute Gasteiger partial charge is 0.270 e. The van der Waals surface area contributed by atoms with E-state index in [0.717, 1.165) is 11.1 Å². The fraction of sp³-hybridized carbons (Fsp3) is 0.300. The molecule has 3 heterocycles. The minimum atomic E-state index is -3.22. The predicted octanol–water partition coefficient (Wildman–Crippen LogP) is 2.85. The first-order valence-electron chi connectivity index (χ1n) is 9.67. The average molecular weight is 429 g/mol. The van der Waals surface area contributed by atoms with Gasteiger partial charge in [0.25, 0.3) is 5.89 Å². The Morgan fingerprint density at radius 1 is 1.20 bits per heavy atom. The highest BCUT2D eigenvalue weighted by atomic mass is 32.2. The normalized spacial score (nSPS) is 15.2. The van der Waals surface area contributed by atoms with Crippen LogP contribution in [0, 0.1) is 0 Å². The quantitative estimate of drug-likeness (QED) is 0.635. The molecule has 1 aliphatic heterocycles. The van der Waals surface area contributed by atoms with E-state index in [9.17, 15) is 8.42 Å². The van der Waals surface area contributed by atoms with E-state index in [4.69, 9.17) is 10.2 Å². The van der Waals surface area contributed by atoms with Crippen LogP contribution in [-0.2, 0) is 10.0 Å². The van der Waals surface area contributed by atoms with Crippen LogP contribution >= 0.6 is 0 Å². The molecular weight excluding hydrogens is 404 g/mol. The van der Waals surface area contributed by atoms with Crippen molar-refractivity contribution in [2.45, 2.75) is 19.8 Å². The Morgan fingerprint density at radius 3 is 2.67 bits per heavy atom. The molecule has 2 aromatic heterocycles. The van der Waals surface area contributed by atoms with E-state index < -0.39 is 10.0 Å². The molecule has 0 atom stereocenters. The summed E-state index contributed by atoms with van der Waals surface area (Å²) < 4.78 is 31.8. The Morgan fingerprint density at radius 2 is 1.97 bits per heavy atom. The number of sulfonamides is 1. The Bertz CT molecular complexity index is 1180. The van der Waals surface area contributed by atoms with Gasteiger partial charge >= 0.3 is 0 Å². The van der Waals surface area contributed by atoms with Crippen molar-refractivity contribution in [3.05, 3.63) is 48.3 Å². The number of anilines is 1. The van der Waals surface area contributed by atoms with Crippen molar-refractivity contribution in [3.63, 3.8) is 0 Å². The maximum Gasteiger partial charge on any atom is 0.270 e. The second-order valence-corrected chi connectivity index (χ2v) is 9.01. The maximum absolute atomic E-state index is 12.3. The molecule has 1 aromatic carbocycles. The van der Waals surface area contributed by atoms with Crippen LogP contribution in [0.5, 0.6) is 0 Å². The summed E-state index contributed by atoms with van der Waals surface area (Å²) >= 11 is 0. The molecule has 3 aromatic rings. The SMILES string of the molecule is CCCS(=O)(=O)N1CC=C(c2cnc(N)c(-c3nnc(-c4ccccc4)o3)n2)CC1.[HH]. The second-order valence-electron chi connectivity index (χ2n) is 6.92. The number of nitrogens with two attached hydrogens (primary N) is 1. The Balaban J connectivity index is 0.00000272. The van der Waals surface area contributed by atoms with E-state index in [1.54, 1.807) is 6.20 Å². The molecule has 0 aliphatic carbocycles. The minimum absolute atomic E-state index is 0. The van der Waals surface area contributed by atoms with Gasteiger partial charge in [-0.25, -0.2) is 18.4 Å². The number of nitrogen functional groups attached to an aromatic ring is 1. The third-order valence-electron chi connectivity index (χ3n) is 4.81. The van der Waals surface area contributed by atoms with Gasteiger partial charge in [-0.2, -0.15) is 4.31 Å². The van der Waals surface area contributed by atoms with Crippen LogP contribution in [0.4, 0.5) is 5.82 Å². The van der Waals surface area contributed by atoms with Gasteiger partial charge in [-0.05, 0) is 30.5 Å². The minimum Gasteiger partial charge on any atom is -0.414 e. The molecule has 2 N–H and O–H groups in total. The molecule has 0 bridgehead atoms. The van der Waals surface area contributed by atoms with Crippen molar-refractivity contribution >= 4 is 21.4 Å². The van der Waals surface area contributed by atoms with Crippen molar-refractivity contribution in [1.29, 1.82) is 0 Å². The van der Waals surface area contributed by atoms with Gasteiger partial charge in [0, 0.05) is 20.1 Å². The molecule has 0 spiro atoms. The number of hydrogen-bond acceptors (Lipinski definition) is 8. The topological polar surface area (TPSA) is 128 Å². The fourth-order valence-corrected chi connectivity index (χ4v) is 4.69. The number of nitrogens with zero attached hydrogens (tertiary/aromatic N) is 5. The highest BCUT2D eigenvalue weighted by molar-refractivity contribution is 7.89. The summed E-state index contributed by atoms with van der Waals surface area (Å²) in [5.41, 5.74) is 8.63. The molecule has 9 nitrogen and oxygen atoms in total. The zero-order valence-electron chi connectivity index (χ0n) is 16.5. The number of aromatic nitrogens is 4. The van der Waals surface area contributed by atoms with E-state index in [1.165, 1.54) is 4.31 Å². The van der Waals surface area contributed by atoms with Crippen molar-refractivity contribution < 1.29 is 14.3 Å². The van der Waals surface area contributed by atoms with Gasteiger partial charge in [-0.1, -0.05) is 31.2 Å². The Kier molecular flexibility index (Phi) is 5.60. The summed E-state index contributed by atoms with van der Waals surface area (Å²) in [6.45, 7) is 2.58. The lowest BCUT2D eigenvalue weighted by Crippen LogP contribution is -2.36. The standard InChI is InChI=1S/C20H22N6O3S.H2/c1-2-12-30(27,28)26-10-8-14(9-11-26)16-13-22-18(21)17(23-16)20-25-24-19(29-20)15-6-4-3-5-7-15;/h3-8,13H,2,9-12H2,1H3,(H2,21,22);1H. The monoisotopic (exact) mass is 428 g/mol. The van der Waals surface area contributed by atoms with Crippen LogP contribution in [0.25, 0.3) is 28.6 Å². The zero-order valence-corrected chi connectivity index (χ0v) is 17.3. The van der Waals surface area contributed by atoms with Crippen molar-refractivity contribution in [2.24, 2.45) is 0 Å². The van der Waals surface area contributed by atoms with Gasteiger partial charge in [-0.15, -0.1) is 10.2 Å². The molecule has 158 valence electrons. The average Bonchev–Trinajstić information content (AvgIpc) is 3.25. The molecule has 1 aliphatic rings. The van der Waals surface area contributed by atoms with Gasteiger partial charge in [0.15, 0.2) is 11.5 Å². The van der Waals surface area contributed by atoms with Gasteiger partial charge in [0.05, 0.1) is 17.6 Å². The summed E-state index contributed by atoms with van der Waals surface area (Å²) in [6.07, 6.45) is 4.58. The molecule has 0 amide bonds. The van der Waals surface area contributed by atoms with E-state index in [2.05, 4.69) is 20.2 Å². The van der Waals surface area contributed by atoms with Gasteiger partial charge in [0.2, 0.25) is 15.9 Å². The lowest BCUT2D eigenvalue weighted by Gasteiger charge is -2.25. The first kappa shape index (κ1) is 20.2. The zero-order chi connectivity index (χ0) is 21.1. The lowest BCUT2D eigenvalue weighted by molar-refractivity contribution is 0.440. The predicted molar refractivity (Wildman–Crippen MR) is 116 cm³/mol. The summed E-state index contributed by atoms with van der Waals surface area (Å²) in [5.74, 6) is 0.892. The molecular formula is C20H24N6O3S. The van der Waals surface area contributed by atoms with Crippen LogP contribution in [-0.4, -0.2) is 51.7 Å². The molecule has 4 rings (SSSR count). The Hall–Kier alpha value is -3.11. The summed E-state index contributed by atoms with van der Waals surface area (Å²) in [6, 6.07) is 9.41. The molecule has 0 unspecified atom stereocenters. The highest BCUT2D eigenvalue weighted by Crippen LogP contribution is 2.28. The van der Waals surface area contributed by atoms with Crippen molar-refractivity contribution in [3.8, 4) is 23.0 Å². The van der Waals surface area contributed by atoms with E-state index in [0.29, 0.717) is 43.2 Å². The molecule has 10 heteroatoms. The van der Waals surface area contributed by atoms with Crippen LogP contribution in [0.15, 0.2) is 47.0 Å². The van der Waals surface area contributed by atoms with Gasteiger partial charge in [-0.3, -0.25) is 0 Å². The van der Waals surface area contributed by atoms with Crippen LogP contribution in [0.1, 0.15) is 26.9 Å². The largest absolute Gasteiger partial charge is 0.414 e. The van der Waals surface area contributed by atoms with Crippen LogP contribution in [0.3, 0.4) is 0 Å². The van der Waals surface area contributed by atoms with Crippen LogP contribution in [0.2, 0.25) is 0 Å². The van der Waals surface area contributed by atoms with Crippen LogP contribution < -0.4 is 5.73 Å². The highest BCUT2D eigenvalue weighted by Gasteiger charge is 2.25. The summed E-state index contributed by atoms with van der Waals surface area (Å²) in [5, 5.41) is 8.14. The Labute approximate surface area is 176 Å². The van der Waals surface area contributed by atoms with E-state index in [-0.39, 0.29) is 18.9 Å². The summed E-state index contributed by atoms with van der Waals surface area (Å²) in [7, 11) is -3.22. The third kappa shape index (κ3) is 4.10. The third-order valence-corrected chi connectivity index (χ3v) is 6.85. The van der Waals surface area contributed by atoms with Crippen molar-refractivity contribution in [1.82, 2.24) is 24.5 Å². The first-order chi connectivity index (χ1) is 14.5. The maximum atomic E-state index is 12.3. The number of benzene rings is 1. The molecule has 0 fully saturated rings. The first-order valence-corrected chi connectivity index (χ1v) is 11.3. The van der Waals surface area contributed by atoms with Gasteiger partial charge in [0.1, 0.15) is 0 Å². The summed E-state index contributed by atoms with van der Waals surface area (Å²) in [4.78, 5) is 8.80. The fourth-order valence-electron chi connectivity index (χ4n) is 3.25. The second kappa shape index (κ2) is 8.33. The molecule has 0 saturated heterocycles. The van der Waals surface area contributed by atoms with E-state index in [1.807, 2.05) is 43.3 Å². The van der Waals surface area contributed by atoms with Gasteiger partial charge < -0.3 is 10.2 Å². The lowest BCUT2D eigenvalue weighted by atomic mass is 10.1. The van der Waals surface area contributed by atoms with Crippen molar-refractivity contribution in [2.75, 3.05) is 24.6 Å². The molecule has 0 radical (unpaired) electrons. The van der Waals surface area contributed by atoms with E-state index >= 15 is 0 Å². The number of hydrogen-bond donors (Lipinski definition) is 1. The molecule has 0 saturated carbocycles. The molecule has 30 heavy (non-hydrogen) atoms. The number of rotatable bonds is 6.